The maximum atomic E-state index is 15.0. The van der Waals surface area contributed by atoms with E-state index in [4.69, 9.17) is 16.3 Å². The first-order valence-corrected chi connectivity index (χ1v) is 10.6. The molecule has 2 heterocycles. The molecule has 2 aromatic rings. The van der Waals surface area contributed by atoms with Gasteiger partial charge in [0.05, 0.1) is 29.5 Å². The van der Waals surface area contributed by atoms with Crippen LogP contribution in [-0.2, 0) is 21.8 Å². The van der Waals surface area contributed by atoms with E-state index in [1.165, 1.54) is 13.1 Å². The van der Waals surface area contributed by atoms with E-state index in [9.17, 15) is 17.6 Å². The lowest BCUT2D eigenvalue weighted by molar-refractivity contribution is -0.0523. The van der Waals surface area contributed by atoms with Gasteiger partial charge in [-0.1, -0.05) is 18.2 Å². The van der Waals surface area contributed by atoms with Gasteiger partial charge in [0.15, 0.2) is 5.82 Å². The van der Waals surface area contributed by atoms with Crippen molar-refractivity contribution in [1.82, 2.24) is 9.29 Å². The molecule has 3 rings (SSSR count). The van der Waals surface area contributed by atoms with E-state index >= 15 is 4.39 Å². The number of hydrogen-bond acceptors (Lipinski definition) is 4. The van der Waals surface area contributed by atoms with Crippen LogP contribution in [0, 0.1) is 11.6 Å². The number of amides is 1. The van der Waals surface area contributed by atoms with Crippen LogP contribution in [0.1, 0.15) is 29.9 Å². The summed E-state index contributed by atoms with van der Waals surface area (Å²) < 4.78 is 62.4. The maximum Gasteiger partial charge on any atom is 0.275 e. The molecule has 1 aromatic heterocycles. The van der Waals surface area contributed by atoms with E-state index in [0.29, 0.717) is 5.57 Å². The van der Waals surface area contributed by atoms with Gasteiger partial charge >= 0.3 is 0 Å². The zero-order valence-electron chi connectivity index (χ0n) is 16.5. The van der Waals surface area contributed by atoms with Crippen LogP contribution in [0.3, 0.4) is 0 Å². The molecule has 0 unspecified atom stereocenters. The third kappa shape index (κ3) is 4.00. The number of carbonyl (C=O) groups is 1. The molecular weight excluding hydrogens is 440 g/mol. The zero-order valence-corrected chi connectivity index (χ0v) is 18.0. The topological polar surface area (TPSA) is 89.4 Å². The second-order valence-electron chi connectivity index (χ2n) is 7.44. The van der Waals surface area contributed by atoms with Gasteiger partial charge in [-0.15, -0.1) is 0 Å². The summed E-state index contributed by atoms with van der Waals surface area (Å²) in [5.41, 5.74) is -0.706. The Morgan fingerprint density at radius 3 is 2.50 bits per heavy atom. The number of hydrogen-bond donors (Lipinski definition) is 2. The molecule has 0 saturated carbocycles. The highest BCUT2D eigenvalue weighted by Crippen LogP contribution is 2.33. The van der Waals surface area contributed by atoms with Gasteiger partial charge in [-0.2, -0.15) is 0 Å². The molecule has 0 spiro atoms. The second-order valence-corrected chi connectivity index (χ2v) is 9.47. The molecule has 1 aliphatic rings. The van der Waals surface area contributed by atoms with Crippen molar-refractivity contribution in [2.45, 2.75) is 24.3 Å². The summed E-state index contributed by atoms with van der Waals surface area (Å²) in [5, 5.41) is 2.21. The first-order valence-electron chi connectivity index (χ1n) is 8.78. The van der Waals surface area contributed by atoms with E-state index in [1.807, 2.05) is 0 Å². The van der Waals surface area contributed by atoms with Crippen LogP contribution in [0.5, 0.6) is 0 Å². The number of anilines is 1. The Hall–Kier alpha value is -2.27. The van der Waals surface area contributed by atoms with Crippen molar-refractivity contribution in [3.63, 3.8) is 0 Å². The molecule has 1 aliphatic heterocycles. The van der Waals surface area contributed by atoms with Gasteiger partial charge in [0.1, 0.15) is 16.4 Å². The van der Waals surface area contributed by atoms with Crippen LogP contribution in [-0.4, -0.2) is 37.6 Å². The smallest absolute Gasteiger partial charge is 0.275 e. The summed E-state index contributed by atoms with van der Waals surface area (Å²) in [6, 6.07) is 2.31. The first kappa shape index (κ1) is 22.4. The number of nitrogens with zero attached hydrogens (tertiary/aromatic N) is 1. The van der Waals surface area contributed by atoms with Crippen LogP contribution in [0.2, 0.25) is 5.02 Å². The molecule has 1 fully saturated rings. The zero-order chi connectivity index (χ0) is 22.4. The number of carbonyl (C=O) groups excluding carboxylic acids is 1. The van der Waals surface area contributed by atoms with Gasteiger partial charge in [0, 0.05) is 18.8 Å². The highest BCUT2D eigenvalue weighted by molar-refractivity contribution is 7.89. The van der Waals surface area contributed by atoms with Gasteiger partial charge < -0.3 is 14.6 Å². The molecule has 0 radical (unpaired) electrons. The molecule has 7 nitrogen and oxygen atoms in total. The predicted molar refractivity (Wildman–Crippen MR) is 109 cm³/mol. The average Bonchev–Trinajstić information content (AvgIpc) is 2.91. The summed E-state index contributed by atoms with van der Waals surface area (Å²) >= 11 is 5.97. The van der Waals surface area contributed by atoms with Gasteiger partial charge in [-0.05, 0) is 31.6 Å². The molecule has 1 aromatic carbocycles. The molecular formula is C19H20ClF2N3O4S. The Bertz CT molecular complexity index is 1160. The van der Waals surface area contributed by atoms with E-state index in [-0.39, 0.29) is 29.5 Å². The van der Waals surface area contributed by atoms with Crippen molar-refractivity contribution in [2.24, 2.45) is 7.05 Å². The number of aryl methyl sites for hydroxylation is 1. The second kappa shape index (κ2) is 7.77. The number of allylic oxidation sites excluding steroid dienone is 1. The van der Waals surface area contributed by atoms with Crippen molar-refractivity contribution in [3.8, 4) is 0 Å². The van der Waals surface area contributed by atoms with Crippen LogP contribution in [0.15, 0.2) is 29.8 Å². The molecule has 0 bridgehead atoms. The molecule has 0 atom stereocenters. The molecule has 1 amide bonds. The SMILES string of the molecule is C=C(C)c1c(NC(=O)c2c(F)c(S(=O)(=O)NC3(C)COC3)cn2C)ccc(F)c1Cl. The van der Waals surface area contributed by atoms with Crippen molar-refractivity contribution >= 4 is 38.8 Å². The van der Waals surface area contributed by atoms with Crippen molar-refractivity contribution in [1.29, 1.82) is 0 Å². The fourth-order valence-electron chi connectivity index (χ4n) is 3.12. The number of aromatic nitrogens is 1. The standard InChI is InChI=1S/C19H20ClF2N3O4S/c1-10(2)14-12(6-5-11(21)15(14)20)23-18(26)17-16(22)13(7-25(17)4)30(27,28)24-19(3)8-29-9-19/h5-7,24H,1,8-9H2,2-4H3,(H,23,26). The molecule has 162 valence electrons. The van der Waals surface area contributed by atoms with E-state index < -0.39 is 43.7 Å². The molecule has 30 heavy (non-hydrogen) atoms. The minimum Gasteiger partial charge on any atom is -0.377 e. The monoisotopic (exact) mass is 459 g/mol. The summed E-state index contributed by atoms with van der Waals surface area (Å²) in [4.78, 5) is 12.1. The van der Waals surface area contributed by atoms with Crippen molar-refractivity contribution in [3.05, 3.63) is 52.8 Å². The van der Waals surface area contributed by atoms with Gasteiger partial charge in [-0.25, -0.2) is 21.9 Å². The van der Waals surface area contributed by atoms with Gasteiger partial charge in [-0.3, -0.25) is 4.79 Å². The van der Waals surface area contributed by atoms with Crippen LogP contribution >= 0.6 is 11.6 Å². The molecule has 1 saturated heterocycles. The lowest BCUT2D eigenvalue weighted by Gasteiger charge is -2.38. The fraction of sp³-hybridized carbons (Fsp3) is 0.316. The summed E-state index contributed by atoms with van der Waals surface area (Å²) in [5.74, 6) is -2.85. The maximum absolute atomic E-state index is 15.0. The van der Waals surface area contributed by atoms with E-state index in [2.05, 4.69) is 16.6 Å². The van der Waals surface area contributed by atoms with Crippen LogP contribution < -0.4 is 10.0 Å². The van der Waals surface area contributed by atoms with Crippen molar-refractivity contribution in [2.75, 3.05) is 18.5 Å². The number of nitrogens with one attached hydrogen (secondary N) is 2. The summed E-state index contributed by atoms with van der Waals surface area (Å²) in [7, 11) is -2.91. The Labute approximate surface area is 177 Å². The highest BCUT2D eigenvalue weighted by atomic mass is 35.5. The number of ether oxygens (including phenoxy) is 1. The third-order valence-electron chi connectivity index (χ3n) is 4.58. The number of halogens is 3. The largest absolute Gasteiger partial charge is 0.377 e. The number of benzene rings is 1. The van der Waals surface area contributed by atoms with Crippen LogP contribution in [0.25, 0.3) is 5.57 Å². The molecule has 11 heteroatoms. The highest BCUT2D eigenvalue weighted by Gasteiger charge is 2.40. The Kier molecular flexibility index (Phi) is 5.80. The normalized spacial score (nSPS) is 15.5. The Morgan fingerprint density at radius 1 is 1.33 bits per heavy atom. The number of rotatable bonds is 6. The summed E-state index contributed by atoms with van der Waals surface area (Å²) in [6.45, 7) is 7.21. The molecule has 0 aliphatic carbocycles. The van der Waals surface area contributed by atoms with Gasteiger partial charge in [0.2, 0.25) is 10.0 Å². The minimum absolute atomic E-state index is 0.112. The summed E-state index contributed by atoms with van der Waals surface area (Å²) in [6.07, 6.45) is 1.01. The third-order valence-corrected chi connectivity index (χ3v) is 6.58. The minimum atomic E-state index is -4.24. The molecule has 2 N–H and O–H groups in total. The Balaban J connectivity index is 1.96. The quantitative estimate of drug-likeness (QED) is 0.693. The number of sulfonamides is 1. The van der Waals surface area contributed by atoms with Crippen molar-refractivity contribution < 1.29 is 26.7 Å². The average molecular weight is 460 g/mol. The fourth-order valence-corrected chi connectivity index (χ4v) is 4.95. The van der Waals surface area contributed by atoms with Gasteiger partial charge in [0.25, 0.3) is 5.91 Å². The lowest BCUT2D eigenvalue weighted by atomic mass is 10.0. The van der Waals surface area contributed by atoms with Crippen LogP contribution in [0.4, 0.5) is 14.5 Å². The lowest BCUT2D eigenvalue weighted by Crippen LogP contribution is -2.59. The Morgan fingerprint density at radius 2 is 1.97 bits per heavy atom. The predicted octanol–water partition coefficient (Wildman–Crippen LogP) is 3.31. The van der Waals surface area contributed by atoms with E-state index in [1.54, 1.807) is 13.8 Å². The van der Waals surface area contributed by atoms with E-state index in [0.717, 1.165) is 16.8 Å². The first-order chi connectivity index (χ1) is 13.9.